The van der Waals surface area contributed by atoms with Gasteiger partial charge in [-0.1, -0.05) is 15.9 Å². The molecule has 1 aromatic rings. The quantitative estimate of drug-likeness (QED) is 0.776. The van der Waals surface area contributed by atoms with Crippen LogP contribution in [0.4, 0.5) is 5.69 Å². The fourth-order valence-corrected chi connectivity index (χ4v) is 3.48. The van der Waals surface area contributed by atoms with E-state index in [1.807, 2.05) is 12.1 Å². The van der Waals surface area contributed by atoms with Gasteiger partial charge in [-0.2, -0.15) is 0 Å². The van der Waals surface area contributed by atoms with Gasteiger partial charge in [-0.15, -0.1) is 0 Å². The molecule has 1 N–H and O–H groups in total. The van der Waals surface area contributed by atoms with E-state index < -0.39 is 5.60 Å². The summed E-state index contributed by atoms with van der Waals surface area (Å²) in [4.78, 5) is 12.0. The number of rotatable bonds is 3. The van der Waals surface area contributed by atoms with Crippen molar-refractivity contribution in [3.8, 4) is 0 Å². The minimum atomic E-state index is -0.869. The van der Waals surface area contributed by atoms with Crippen LogP contribution in [0.15, 0.2) is 25.6 Å². The van der Waals surface area contributed by atoms with Gasteiger partial charge in [-0.3, -0.25) is 4.79 Å². The van der Waals surface area contributed by atoms with E-state index in [9.17, 15) is 4.79 Å². The fraction of sp³-hybridized carbons (Fsp3) is 0.364. The first-order valence-corrected chi connectivity index (χ1v) is 7.17. The normalized spacial score (nSPS) is 11.4. The Morgan fingerprint density at radius 3 is 2.12 bits per heavy atom. The van der Waals surface area contributed by atoms with Gasteiger partial charge in [0.1, 0.15) is 5.60 Å². The van der Waals surface area contributed by atoms with E-state index in [1.54, 1.807) is 13.8 Å². The molecular formula is C11H12Br3NO2. The molecular weight excluding hydrogens is 418 g/mol. The van der Waals surface area contributed by atoms with Crippen LogP contribution < -0.4 is 5.32 Å². The van der Waals surface area contributed by atoms with Crippen LogP contribution in [0.5, 0.6) is 0 Å². The molecule has 0 atom stereocenters. The number of amides is 1. The van der Waals surface area contributed by atoms with Crippen molar-refractivity contribution in [1.82, 2.24) is 0 Å². The Morgan fingerprint density at radius 2 is 1.71 bits per heavy atom. The highest BCUT2D eigenvalue weighted by molar-refractivity contribution is 9.11. The summed E-state index contributed by atoms with van der Waals surface area (Å²) >= 11 is 10.2. The minimum Gasteiger partial charge on any atom is -0.369 e. The summed E-state index contributed by atoms with van der Waals surface area (Å²) in [6, 6.07) is 3.72. The number of hydrogen-bond acceptors (Lipinski definition) is 2. The number of carbonyl (C=O) groups is 1. The Bertz CT molecular complexity index is 423. The lowest BCUT2D eigenvalue weighted by atomic mass is 10.1. The predicted octanol–water partition coefficient (Wildman–Crippen LogP) is 4.34. The number of ether oxygens (including phenoxy) is 1. The van der Waals surface area contributed by atoms with Gasteiger partial charge in [0.15, 0.2) is 0 Å². The first-order valence-electron chi connectivity index (χ1n) is 4.79. The topological polar surface area (TPSA) is 38.3 Å². The number of methoxy groups -OCH3 is 1. The summed E-state index contributed by atoms with van der Waals surface area (Å²) in [5.74, 6) is -0.205. The Balaban J connectivity index is 3.01. The average molecular weight is 430 g/mol. The van der Waals surface area contributed by atoms with Crippen molar-refractivity contribution >= 4 is 59.4 Å². The van der Waals surface area contributed by atoms with E-state index in [-0.39, 0.29) is 5.91 Å². The standard InChI is InChI=1S/C11H12Br3NO2/c1-11(2,17-3)10(16)15-9-7(13)4-6(12)5-8(9)14/h4-5H,1-3H3,(H,15,16). The van der Waals surface area contributed by atoms with E-state index in [2.05, 4.69) is 53.1 Å². The van der Waals surface area contributed by atoms with Gasteiger partial charge in [-0.25, -0.2) is 0 Å². The van der Waals surface area contributed by atoms with Crippen LogP contribution in [0, 0.1) is 0 Å². The maximum atomic E-state index is 12.0. The zero-order valence-electron chi connectivity index (χ0n) is 9.61. The second-order valence-corrected chi connectivity index (χ2v) is 6.54. The Kier molecular flexibility index (Phi) is 5.19. The number of benzene rings is 1. The predicted molar refractivity (Wildman–Crippen MR) is 79.3 cm³/mol. The van der Waals surface area contributed by atoms with E-state index in [1.165, 1.54) is 7.11 Å². The summed E-state index contributed by atoms with van der Waals surface area (Å²) in [5.41, 5.74) is -0.185. The molecule has 0 saturated carbocycles. The molecule has 0 spiro atoms. The van der Waals surface area contributed by atoms with Crippen LogP contribution in [-0.2, 0) is 9.53 Å². The molecule has 3 nitrogen and oxygen atoms in total. The largest absolute Gasteiger partial charge is 0.369 e. The van der Waals surface area contributed by atoms with Crippen LogP contribution >= 0.6 is 47.8 Å². The molecule has 17 heavy (non-hydrogen) atoms. The van der Waals surface area contributed by atoms with Crippen LogP contribution in [0.1, 0.15) is 13.8 Å². The van der Waals surface area contributed by atoms with Crippen molar-refractivity contribution in [1.29, 1.82) is 0 Å². The molecule has 0 unspecified atom stereocenters. The van der Waals surface area contributed by atoms with Gasteiger partial charge in [0, 0.05) is 20.5 Å². The maximum absolute atomic E-state index is 12.0. The first kappa shape index (κ1) is 15.1. The van der Waals surface area contributed by atoms with Crippen LogP contribution in [0.25, 0.3) is 0 Å². The summed E-state index contributed by atoms with van der Waals surface area (Å²) in [6.45, 7) is 3.42. The Hall–Kier alpha value is 0.0900. The Labute approximate surface area is 126 Å². The van der Waals surface area contributed by atoms with Crippen molar-refractivity contribution in [2.24, 2.45) is 0 Å². The molecule has 0 aromatic heterocycles. The highest BCUT2D eigenvalue weighted by Gasteiger charge is 2.28. The SMILES string of the molecule is COC(C)(C)C(=O)Nc1c(Br)cc(Br)cc1Br. The monoisotopic (exact) mass is 427 g/mol. The van der Waals surface area contributed by atoms with E-state index in [4.69, 9.17) is 4.74 Å². The lowest BCUT2D eigenvalue weighted by Crippen LogP contribution is -2.39. The third kappa shape index (κ3) is 3.77. The molecule has 0 fully saturated rings. The molecule has 0 radical (unpaired) electrons. The van der Waals surface area contributed by atoms with Crippen LogP contribution in [0.2, 0.25) is 0 Å². The molecule has 0 saturated heterocycles. The second-order valence-electron chi connectivity index (χ2n) is 3.91. The lowest BCUT2D eigenvalue weighted by Gasteiger charge is -2.22. The highest BCUT2D eigenvalue weighted by atomic mass is 79.9. The number of nitrogens with one attached hydrogen (secondary N) is 1. The molecule has 0 aliphatic carbocycles. The van der Waals surface area contributed by atoms with Gasteiger partial charge in [0.05, 0.1) is 5.69 Å². The third-order valence-corrected chi connectivity index (χ3v) is 4.01. The number of halogens is 3. The summed E-state index contributed by atoms with van der Waals surface area (Å²) in [5, 5.41) is 2.82. The summed E-state index contributed by atoms with van der Waals surface area (Å²) in [6.07, 6.45) is 0. The van der Waals surface area contributed by atoms with Crippen molar-refractivity contribution in [3.63, 3.8) is 0 Å². The molecule has 6 heteroatoms. The molecule has 1 amide bonds. The smallest absolute Gasteiger partial charge is 0.256 e. The highest BCUT2D eigenvalue weighted by Crippen LogP contribution is 2.34. The molecule has 0 heterocycles. The molecule has 0 aliphatic heterocycles. The van der Waals surface area contributed by atoms with E-state index in [0.717, 1.165) is 13.4 Å². The number of hydrogen-bond donors (Lipinski definition) is 1. The number of carbonyl (C=O) groups excluding carboxylic acids is 1. The zero-order valence-corrected chi connectivity index (χ0v) is 14.4. The van der Waals surface area contributed by atoms with E-state index in [0.29, 0.717) is 5.69 Å². The average Bonchev–Trinajstić information content (AvgIpc) is 2.22. The van der Waals surface area contributed by atoms with Gasteiger partial charge >= 0.3 is 0 Å². The molecule has 1 aromatic carbocycles. The molecule has 94 valence electrons. The van der Waals surface area contributed by atoms with Crippen LogP contribution in [-0.4, -0.2) is 18.6 Å². The Morgan fingerprint density at radius 1 is 1.24 bits per heavy atom. The molecule has 0 aliphatic rings. The second kappa shape index (κ2) is 5.82. The number of anilines is 1. The van der Waals surface area contributed by atoms with Crippen molar-refractivity contribution in [2.75, 3.05) is 12.4 Å². The van der Waals surface area contributed by atoms with Crippen LogP contribution in [0.3, 0.4) is 0 Å². The summed E-state index contributed by atoms with van der Waals surface area (Å²) < 4.78 is 7.62. The van der Waals surface area contributed by atoms with Crippen molar-refractivity contribution in [3.05, 3.63) is 25.6 Å². The fourth-order valence-electron chi connectivity index (χ4n) is 1.02. The first-order chi connectivity index (χ1) is 7.77. The van der Waals surface area contributed by atoms with E-state index >= 15 is 0 Å². The van der Waals surface area contributed by atoms with Gasteiger partial charge < -0.3 is 10.1 Å². The van der Waals surface area contributed by atoms with Gasteiger partial charge in [-0.05, 0) is 57.8 Å². The molecule has 0 bridgehead atoms. The summed E-state index contributed by atoms with van der Waals surface area (Å²) in [7, 11) is 1.51. The molecule has 1 rings (SSSR count). The van der Waals surface area contributed by atoms with Gasteiger partial charge in [0.25, 0.3) is 5.91 Å². The van der Waals surface area contributed by atoms with Crippen molar-refractivity contribution < 1.29 is 9.53 Å². The third-order valence-electron chi connectivity index (χ3n) is 2.30. The van der Waals surface area contributed by atoms with Crippen molar-refractivity contribution in [2.45, 2.75) is 19.4 Å². The van der Waals surface area contributed by atoms with Gasteiger partial charge in [0.2, 0.25) is 0 Å². The minimum absolute atomic E-state index is 0.205. The zero-order chi connectivity index (χ0) is 13.2. The lowest BCUT2D eigenvalue weighted by molar-refractivity contribution is -0.133. The maximum Gasteiger partial charge on any atom is 0.256 e.